The van der Waals surface area contributed by atoms with Crippen LogP contribution in [0.25, 0.3) is 45.6 Å². The summed E-state index contributed by atoms with van der Waals surface area (Å²) >= 11 is 0. The van der Waals surface area contributed by atoms with Crippen LogP contribution in [0, 0.1) is 5.92 Å². The normalized spacial score (nSPS) is 13.0. The third kappa shape index (κ3) is 10.9. The maximum absolute atomic E-state index is 14.1. The van der Waals surface area contributed by atoms with Crippen LogP contribution in [0.5, 0.6) is 28.7 Å². The molecule has 0 N–H and O–H groups in total. The van der Waals surface area contributed by atoms with Gasteiger partial charge < -0.3 is 42.6 Å². The molecular weight excluding hydrogens is 847 g/mol. The van der Waals surface area contributed by atoms with E-state index in [1.165, 1.54) is 13.2 Å². The lowest BCUT2D eigenvalue weighted by molar-refractivity contribution is -0.129. The molecule has 2 aliphatic heterocycles. The van der Waals surface area contributed by atoms with Crippen molar-refractivity contribution < 1.29 is 42.4 Å². The number of hydrogen-bond donors (Lipinski definition) is 0. The number of carbonyl (C=O) groups is 2. The van der Waals surface area contributed by atoms with E-state index in [-0.39, 0.29) is 11.9 Å². The lowest BCUT2D eigenvalue weighted by Crippen LogP contribution is -2.32. The fourth-order valence-electron chi connectivity index (χ4n) is 8.72. The quantitative estimate of drug-likeness (QED) is 0.0205. The molecule has 350 valence electrons. The standard InChI is InChI=1S/C55H62N3O9/c1-9-57(10-2)40-20-22-44-47(34-40)66-48-35-41(58(11-3)12-4)21-23-45(48)53(44)42-15-13-14-16-43(42)55(60)65-36-38-25-28-56(29-26-38)30-27-52(59)67-49-31-37(19-24-46(49)61-5)17-18-39-32-50(62-6)54(64-8)51(33-39)63-7/h13-24,27,30-35,38H,9-12,25-26,28-29,36H2,1-8H3/q+1/b18-17-,30-27+. The Morgan fingerprint density at radius 2 is 1.42 bits per heavy atom. The molecule has 4 aromatic carbocycles. The number of esters is 2. The molecule has 7 rings (SSSR count). The molecule has 12 heteroatoms. The molecule has 0 atom stereocenters. The van der Waals surface area contributed by atoms with Gasteiger partial charge in [-0.05, 0) is 112 Å². The maximum Gasteiger partial charge on any atom is 0.338 e. The highest BCUT2D eigenvalue weighted by Crippen LogP contribution is 2.43. The zero-order valence-electron chi connectivity index (χ0n) is 39.9. The Morgan fingerprint density at radius 1 is 0.731 bits per heavy atom. The minimum atomic E-state index is -0.528. The molecule has 0 unspecified atom stereocenters. The van der Waals surface area contributed by atoms with Gasteiger partial charge in [-0.2, -0.15) is 0 Å². The summed E-state index contributed by atoms with van der Waals surface area (Å²) in [5, 5.41) is 2.01. The number of fused-ring (bicyclic) bond motifs is 2. The van der Waals surface area contributed by atoms with Crippen LogP contribution in [0.4, 0.5) is 5.69 Å². The minimum Gasteiger partial charge on any atom is -0.493 e. The predicted octanol–water partition coefficient (Wildman–Crippen LogP) is 10.1. The van der Waals surface area contributed by atoms with E-state index in [9.17, 15) is 9.59 Å². The topological polar surface area (TPSA) is 112 Å². The van der Waals surface area contributed by atoms with Crippen molar-refractivity contribution in [3.63, 3.8) is 0 Å². The molecule has 1 fully saturated rings. The average molecular weight is 909 g/mol. The number of likely N-dealkylation sites (tertiary alicyclic amines) is 1. The molecular formula is C55H62N3O9+. The van der Waals surface area contributed by atoms with Gasteiger partial charge in [0.05, 0.1) is 46.7 Å². The Labute approximate surface area is 393 Å². The number of carbonyl (C=O) groups excluding carboxylic acids is 2. The summed E-state index contributed by atoms with van der Waals surface area (Å²) in [4.78, 5) is 31.5. The number of methoxy groups -OCH3 is 4. The summed E-state index contributed by atoms with van der Waals surface area (Å²) < 4.78 is 42.7. The molecule has 12 nitrogen and oxygen atoms in total. The number of ether oxygens (including phenoxy) is 6. The van der Waals surface area contributed by atoms with Crippen LogP contribution in [-0.2, 0) is 9.53 Å². The molecule has 3 aliphatic rings. The zero-order valence-corrected chi connectivity index (χ0v) is 39.9. The molecule has 0 aromatic heterocycles. The van der Waals surface area contributed by atoms with Crippen LogP contribution in [0.2, 0.25) is 0 Å². The van der Waals surface area contributed by atoms with Gasteiger partial charge in [-0.15, -0.1) is 0 Å². The number of rotatable bonds is 18. The van der Waals surface area contributed by atoms with Crippen molar-refractivity contribution >= 4 is 40.7 Å². The van der Waals surface area contributed by atoms with Crippen molar-refractivity contribution in [3.05, 3.63) is 125 Å². The molecule has 0 saturated carbocycles. The summed E-state index contributed by atoms with van der Waals surface area (Å²) in [5.74, 6) is 2.36. The summed E-state index contributed by atoms with van der Waals surface area (Å²) in [7, 11) is 6.23. The monoisotopic (exact) mass is 908 g/mol. The van der Waals surface area contributed by atoms with E-state index in [0.29, 0.717) is 54.0 Å². The van der Waals surface area contributed by atoms with E-state index in [1.54, 1.807) is 39.7 Å². The summed E-state index contributed by atoms with van der Waals surface area (Å²) in [6, 6.07) is 29.5. The fraction of sp³-hybridized carbons (Fsp3) is 0.327. The van der Waals surface area contributed by atoms with Gasteiger partial charge in [-0.1, -0.05) is 36.4 Å². The van der Waals surface area contributed by atoms with Gasteiger partial charge >= 0.3 is 11.9 Å². The zero-order chi connectivity index (χ0) is 47.5. The van der Waals surface area contributed by atoms with Gasteiger partial charge in [-0.3, -0.25) is 0 Å². The SMILES string of the molecule is CCN(CC)c1ccc2c(-c3ccccc3C(=O)OCC3CCN(/C=C/C(=O)Oc4cc(/C=C\c5cc(OC)c(OC)c(OC)c5)ccc4OC)CC3)c3ccc(=[N+](CC)CC)cc-3oc2c1. The molecule has 2 heterocycles. The molecule has 0 radical (unpaired) electrons. The van der Waals surface area contributed by atoms with Crippen LogP contribution < -0.4 is 38.5 Å². The number of piperidine rings is 1. The van der Waals surface area contributed by atoms with E-state index in [1.807, 2.05) is 54.6 Å². The minimum absolute atomic E-state index is 0.169. The second-order valence-electron chi connectivity index (χ2n) is 16.2. The van der Waals surface area contributed by atoms with Gasteiger partial charge in [0.25, 0.3) is 0 Å². The first kappa shape index (κ1) is 47.7. The second kappa shape index (κ2) is 22.3. The Hall–Kier alpha value is -7.21. The molecule has 1 aliphatic carbocycles. The smallest absolute Gasteiger partial charge is 0.338 e. The first-order valence-electron chi connectivity index (χ1n) is 23.1. The second-order valence-corrected chi connectivity index (χ2v) is 16.2. The third-order valence-electron chi connectivity index (χ3n) is 12.4. The molecule has 0 spiro atoms. The molecule has 67 heavy (non-hydrogen) atoms. The Morgan fingerprint density at radius 3 is 2.09 bits per heavy atom. The highest BCUT2D eigenvalue weighted by Gasteiger charge is 2.25. The number of nitrogens with zero attached hydrogens (tertiary/aromatic N) is 3. The molecule has 0 bridgehead atoms. The highest BCUT2D eigenvalue weighted by molar-refractivity contribution is 6.08. The maximum atomic E-state index is 14.1. The molecule has 0 amide bonds. The van der Waals surface area contributed by atoms with Crippen LogP contribution in [-0.4, -0.2) is 91.2 Å². The van der Waals surface area contributed by atoms with Crippen LogP contribution in [0.15, 0.2) is 108 Å². The van der Waals surface area contributed by atoms with E-state index in [0.717, 1.165) is 94.6 Å². The Kier molecular flexibility index (Phi) is 15.9. The highest BCUT2D eigenvalue weighted by atomic mass is 16.6. The van der Waals surface area contributed by atoms with E-state index in [2.05, 4.69) is 78.5 Å². The first-order chi connectivity index (χ1) is 32.6. The number of anilines is 1. The predicted molar refractivity (Wildman–Crippen MR) is 266 cm³/mol. The number of benzene rings is 5. The van der Waals surface area contributed by atoms with Crippen molar-refractivity contribution in [2.45, 2.75) is 40.5 Å². The number of hydrogen-bond acceptors (Lipinski definition) is 11. The van der Waals surface area contributed by atoms with Crippen molar-refractivity contribution in [3.8, 4) is 51.2 Å². The van der Waals surface area contributed by atoms with E-state index < -0.39 is 5.97 Å². The van der Waals surface area contributed by atoms with Gasteiger partial charge in [0.1, 0.15) is 24.4 Å². The van der Waals surface area contributed by atoms with Gasteiger partial charge in [-0.25, -0.2) is 14.2 Å². The lowest BCUT2D eigenvalue weighted by Gasteiger charge is -2.30. The summed E-state index contributed by atoms with van der Waals surface area (Å²) in [6.45, 7) is 13.8. The Bertz CT molecular complexity index is 2770. The van der Waals surface area contributed by atoms with Crippen molar-refractivity contribution in [2.24, 2.45) is 5.92 Å². The molecule has 4 aromatic rings. The van der Waals surface area contributed by atoms with Gasteiger partial charge in [0.15, 0.2) is 23.0 Å². The van der Waals surface area contributed by atoms with Crippen LogP contribution >= 0.6 is 0 Å². The van der Waals surface area contributed by atoms with Crippen LogP contribution in [0.1, 0.15) is 62.0 Å². The van der Waals surface area contributed by atoms with Gasteiger partial charge in [0.2, 0.25) is 11.1 Å². The van der Waals surface area contributed by atoms with Gasteiger partial charge in [0, 0.05) is 72.8 Å². The first-order valence-corrected chi connectivity index (χ1v) is 23.1. The largest absolute Gasteiger partial charge is 0.493 e. The van der Waals surface area contributed by atoms with Crippen molar-refractivity contribution in [2.75, 3.05) is 79.2 Å². The van der Waals surface area contributed by atoms with E-state index in [4.69, 9.17) is 32.8 Å². The fourth-order valence-corrected chi connectivity index (χ4v) is 8.72. The molecule has 1 saturated heterocycles. The summed E-state index contributed by atoms with van der Waals surface area (Å²) in [5.41, 5.74) is 6.64. The average Bonchev–Trinajstić information content (AvgIpc) is 3.36. The summed E-state index contributed by atoms with van der Waals surface area (Å²) in [6.07, 6.45) is 8.56. The lowest BCUT2D eigenvalue weighted by atomic mass is 9.90. The van der Waals surface area contributed by atoms with Crippen molar-refractivity contribution in [1.82, 2.24) is 9.48 Å². The Balaban J connectivity index is 1.01. The van der Waals surface area contributed by atoms with Crippen LogP contribution in [0.3, 0.4) is 0 Å². The third-order valence-corrected chi connectivity index (χ3v) is 12.4. The van der Waals surface area contributed by atoms with Crippen molar-refractivity contribution in [1.29, 1.82) is 0 Å². The van der Waals surface area contributed by atoms with E-state index >= 15 is 0 Å².